The monoisotopic (exact) mass is 417 g/mol. The van der Waals surface area contributed by atoms with Gasteiger partial charge in [-0.25, -0.2) is 0 Å². The van der Waals surface area contributed by atoms with Crippen LogP contribution < -0.4 is 10.6 Å². The Morgan fingerprint density at radius 1 is 1.10 bits per heavy atom. The number of benzene rings is 2. The minimum atomic E-state index is -0.756. The van der Waals surface area contributed by atoms with Gasteiger partial charge >= 0.3 is 0 Å². The Morgan fingerprint density at radius 2 is 1.72 bits per heavy atom. The predicted molar refractivity (Wildman–Crippen MR) is 115 cm³/mol. The van der Waals surface area contributed by atoms with E-state index in [4.69, 9.17) is 11.6 Å². The summed E-state index contributed by atoms with van der Waals surface area (Å²) in [5, 5.41) is 16.9. The lowest BCUT2D eigenvalue weighted by atomic mass is 10.0. The smallest absolute Gasteiger partial charge is 0.254 e. The molecule has 2 aromatic carbocycles. The number of nitrogens with zero attached hydrogens (tertiary/aromatic N) is 1. The molecular formula is C22H28ClN3O3. The van der Waals surface area contributed by atoms with Gasteiger partial charge in [0.05, 0.1) is 12.6 Å². The lowest BCUT2D eigenvalue weighted by Crippen LogP contribution is -2.51. The van der Waals surface area contributed by atoms with Gasteiger partial charge in [0.25, 0.3) is 5.91 Å². The molecule has 2 rings (SSSR count). The van der Waals surface area contributed by atoms with E-state index < -0.39 is 11.6 Å². The maximum absolute atomic E-state index is 12.3. The summed E-state index contributed by atoms with van der Waals surface area (Å²) < 4.78 is 0. The molecule has 0 heterocycles. The second kappa shape index (κ2) is 10.4. The van der Waals surface area contributed by atoms with Crippen molar-refractivity contribution in [1.29, 1.82) is 0 Å². The molecule has 0 aromatic heterocycles. The first kappa shape index (κ1) is 22.9. The van der Waals surface area contributed by atoms with Crippen LogP contribution in [0.4, 0.5) is 0 Å². The van der Waals surface area contributed by atoms with Crippen LogP contribution in [-0.2, 0) is 4.79 Å². The Labute approximate surface area is 176 Å². The lowest BCUT2D eigenvalue weighted by molar-refractivity contribution is -0.121. The highest BCUT2D eigenvalue weighted by molar-refractivity contribution is 6.31. The van der Waals surface area contributed by atoms with Crippen LogP contribution in [0.3, 0.4) is 0 Å². The van der Waals surface area contributed by atoms with Crippen LogP contribution in [-0.4, -0.2) is 54.0 Å². The van der Waals surface area contributed by atoms with Crippen LogP contribution in [0, 0.1) is 0 Å². The predicted octanol–water partition coefficient (Wildman–Crippen LogP) is 2.63. The number of hydrogen-bond acceptors (Lipinski definition) is 4. The lowest BCUT2D eigenvalue weighted by Gasteiger charge is -2.29. The standard InChI is InChI=1S/C22H28ClN3O3/c1-22(2,25-13-19(27)17-11-7-8-12-18(17)23)15-24-20(28)14-26(3)21(29)16-9-5-4-6-10-16/h4-12,19,25,27H,13-15H2,1-3H3,(H,24,28). The third-order valence-corrected chi connectivity index (χ3v) is 4.86. The third kappa shape index (κ3) is 7.16. The van der Waals surface area contributed by atoms with Crippen molar-refractivity contribution in [3.8, 4) is 0 Å². The average molecular weight is 418 g/mol. The number of nitrogens with one attached hydrogen (secondary N) is 2. The van der Waals surface area contributed by atoms with Gasteiger partial charge in [0.2, 0.25) is 5.91 Å². The number of likely N-dealkylation sites (N-methyl/N-ethyl adjacent to an activating group) is 1. The van der Waals surface area contributed by atoms with Gasteiger partial charge < -0.3 is 20.6 Å². The highest BCUT2D eigenvalue weighted by atomic mass is 35.5. The van der Waals surface area contributed by atoms with E-state index in [1.807, 2.05) is 32.0 Å². The molecule has 0 saturated heterocycles. The SMILES string of the molecule is CN(CC(=O)NCC(C)(C)NCC(O)c1ccccc1Cl)C(=O)c1ccccc1. The molecule has 2 amide bonds. The molecule has 6 nitrogen and oxygen atoms in total. The van der Waals surface area contributed by atoms with E-state index in [9.17, 15) is 14.7 Å². The van der Waals surface area contributed by atoms with E-state index in [0.717, 1.165) is 0 Å². The van der Waals surface area contributed by atoms with Gasteiger partial charge in [0.15, 0.2) is 0 Å². The molecule has 0 aliphatic heterocycles. The third-order valence-electron chi connectivity index (χ3n) is 4.51. The second-order valence-electron chi connectivity index (χ2n) is 7.61. The minimum Gasteiger partial charge on any atom is -0.387 e. The molecule has 7 heteroatoms. The summed E-state index contributed by atoms with van der Waals surface area (Å²) in [7, 11) is 1.60. The van der Waals surface area contributed by atoms with Crippen molar-refractivity contribution < 1.29 is 14.7 Å². The molecule has 1 unspecified atom stereocenters. The van der Waals surface area contributed by atoms with Crippen molar-refractivity contribution in [2.75, 3.05) is 26.7 Å². The largest absolute Gasteiger partial charge is 0.387 e. The minimum absolute atomic E-state index is 0.0357. The van der Waals surface area contributed by atoms with E-state index in [2.05, 4.69) is 10.6 Å². The maximum atomic E-state index is 12.3. The molecule has 3 N–H and O–H groups in total. The van der Waals surface area contributed by atoms with Gasteiger partial charge in [-0.2, -0.15) is 0 Å². The van der Waals surface area contributed by atoms with Crippen molar-refractivity contribution in [2.45, 2.75) is 25.5 Å². The van der Waals surface area contributed by atoms with Crippen LogP contribution in [0.1, 0.15) is 35.9 Å². The molecule has 0 aliphatic rings. The van der Waals surface area contributed by atoms with Crippen molar-refractivity contribution in [3.63, 3.8) is 0 Å². The summed E-state index contributed by atoms with van der Waals surface area (Å²) in [5.41, 5.74) is 0.737. The van der Waals surface area contributed by atoms with Crippen LogP contribution in [0.2, 0.25) is 5.02 Å². The summed E-state index contributed by atoms with van der Waals surface area (Å²) in [5.74, 6) is -0.459. The molecule has 2 aromatic rings. The molecule has 1 atom stereocenters. The van der Waals surface area contributed by atoms with E-state index in [1.165, 1.54) is 4.90 Å². The van der Waals surface area contributed by atoms with Crippen molar-refractivity contribution >= 4 is 23.4 Å². The fraction of sp³-hybridized carbons (Fsp3) is 0.364. The molecule has 0 fully saturated rings. The summed E-state index contributed by atoms with van der Waals surface area (Å²) in [6, 6.07) is 16.0. The molecule has 29 heavy (non-hydrogen) atoms. The van der Waals surface area contributed by atoms with Crippen LogP contribution >= 0.6 is 11.6 Å². The second-order valence-corrected chi connectivity index (χ2v) is 8.01. The first-order valence-corrected chi connectivity index (χ1v) is 9.82. The first-order valence-electron chi connectivity index (χ1n) is 9.44. The van der Waals surface area contributed by atoms with E-state index in [-0.39, 0.29) is 18.4 Å². The number of halogens is 1. The molecule has 156 valence electrons. The number of rotatable bonds is 9. The van der Waals surface area contributed by atoms with Crippen molar-refractivity contribution in [3.05, 3.63) is 70.7 Å². The first-order chi connectivity index (χ1) is 13.7. The number of aliphatic hydroxyl groups excluding tert-OH is 1. The highest BCUT2D eigenvalue weighted by Gasteiger charge is 2.22. The molecular weight excluding hydrogens is 390 g/mol. The van der Waals surface area contributed by atoms with Gasteiger partial charge in [0.1, 0.15) is 0 Å². The Bertz CT molecular complexity index is 827. The number of β-amino-alcohol motifs (C(OH)–C–C–N with tert-alkyl or cyclic N) is 1. The number of amides is 2. The van der Waals surface area contributed by atoms with E-state index >= 15 is 0 Å². The maximum Gasteiger partial charge on any atom is 0.254 e. The van der Waals surface area contributed by atoms with Gasteiger partial charge in [-0.1, -0.05) is 48.0 Å². The number of carbonyl (C=O) groups excluding carboxylic acids is 2. The zero-order chi connectivity index (χ0) is 21.4. The summed E-state index contributed by atoms with van der Waals surface area (Å²) >= 11 is 6.11. The quantitative estimate of drug-likeness (QED) is 0.585. The zero-order valence-corrected chi connectivity index (χ0v) is 17.7. The molecule has 0 aliphatic carbocycles. The fourth-order valence-electron chi connectivity index (χ4n) is 2.75. The fourth-order valence-corrected chi connectivity index (χ4v) is 3.02. The molecule has 0 spiro atoms. The van der Waals surface area contributed by atoms with Crippen molar-refractivity contribution in [1.82, 2.24) is 15.5 Å². The number of carbonyl (C=O) groups is 2. The van der Waals surface area contributed by atoms with Gasteiger partial charge in [0, 0.05) is 41.8 Å². The number of aliphatic hydroxyl groups is 1. The Kier molecular flexibility index (Phi) is 8.20. The normalized spacial score (nSPS) is 12.3. The summed E-state index contributed by atoms with van der Waals surface area (Å²) in [6.45, 7) is 4.44. The van der Waals surface area contributed by atoms with Gasteiger partial charge in [-0.15, -0.1) is 0 Å². The average Bonchev–Trinajstić information content (AvgIpc) is 2.71. The molecule has 0 radical (unpaired) electrons. The van der Waals surface area contributed by atoms with Gasteiger partial charge in [-0.05, 0) is 32.0 Å². The topological polar surface area (TPSA) is 81.7 Å². The summed E-state index contributed by atoms with van der Waals surface area (Å²) in [6.07, 6.45) is -0.756. The van der Waals surface area contributed by atoms with E-state index in [0.29, 0.717) is 29.2 Å². The van der Waals surface area contributed by atoms with Crippen LogP contribution in [0.25, 0.3) is 0 Å². The molecule has 0 bridgehead atoms. The molecule has 0 saturated carbocycles. The summed E-state index contributed by atoms with van der Waals surface area (Å²) in [4.78, 5) is 25.9. The Morgan fingerprint density at radius 3 is 2.38 bits per heavy atom. The number of hydrogen-bond donors (Lipinski definition) is 3. The Hall–Kier alpha value is -2.41. The Balaban J connectivity index is 1.79. The van der Waals surface area contributed by atoms with Crippen LogP contribution in [0.15, 0.2) is 54.6 Å². The zero-order valence-electron chi connectivity index (χ0n) is 17.0. The van der Waals surface area contributed by atoms with Gasteiger partial charge in [-0.3, -0.25) is 9.59 Å². The van der Waals surface area contributed by atoms with Crippen molar-refractivity contribution in [2.24, 2.45) is 0 Å². The van der Waals surface area contributed by atoms with E-state index in [1.54, 1.807) is 43.4 Å². The van der Waals surface area contributed by atoms with Crippen LogP contribution in [0.5, 0.6) is 0 Å². The highest BCUT2D eigenvalue weighted by Crippen LogP contribution is 2.22.